The fraction of sp³-hybridized carbons (Fsp3) is 1.00. The van der Waals surface area contributed by atoms with Gasteiger partial charge in [0.05, 0.1) is 6.10 Å². The minimum atomic E-state index is 0.568. The third-order valence-electron chi connectivity index (χ3n) is 3.43. The van der Waals surface area contributed by atoms with Gasteiger partial charge in [-0.1, -0.05) is 27.2 Å². The summed E-state index contributed by atoms with van der Waals surface area (Å²) in [5.41, 5.74) is 0. The van der Waals surface area contributed by atoms with Gasteiger partial charge in [0.15, 0.2) is 0 Å². The zero-order valence-corrected chi connectivity index (χ0v) is 11.3. The minimum absolute atomic E-state index is 0.568. The molecule has 1 N–H and O–H groups in total. The van der Waals surface area contributed by atoms with Crippen LogP contribution >= 0.6 is 0 Å². The molecule has 0 amide bonds. The molecule has 0 aromatic rings. The summed E-state index contributed by atoms with van der Waals surface area (Å²) in [5, 5.41) is 3.56. The number of rotatable bonds is 8. The molecule has 0 spiro atoms. The van der Waals surface area contributed by atoms with Gasteiger partial charge < -0.3 is 10.1 Å². The summed E-state index contributed by atoms with van der Waals surface area (Å²) < 4.78 is 5.69. The molecule has 1 heterocycles. The second-order valence-corrected chi connectivity index (χ2v) is 5.43. The van der Waals surface area contributed by atoms with Crippen molar-refractivity contribution in [2.24, 2.45) is 5.92 Å². The summed E-state index contributed by atoms with van der Waals surface area (Å²) in [4.78, 5) is 0. The highest BCUT2D eigenvalue weighted by molar-refractivity contribution is 4.70. The molecular weight excluding hydrogens is 198 g/mol. The van der Waals surface area contributed by atoms with Crippen LogP contribution in [-0.4, -0.2) is 25.3 Å². The molecule has 2 atom stereocenters. The van der Waals surface area contributed by atoms with Crippen LogP contribution in [0, 0.1) is 5.92 Å². The van der Waals surface area contributed by atoms with Crippen LogP contribution in [0.2, 0.25) is 0 Å². The molecule has 1 saturated heterocycles. The third kappa shape index (κ3) is 5.86. The van der Waals surface area contributed by atoms with E-state index in [1.807, 2.05) is 0 Å². The highest BCUT2D eigenvalue weighted by Gasteiger charge is 2.17. The van der Waals surface area contributed by atoms with Crippen molar-refractivity contribution in [3.8, 4) is 0 Å². The monoisotopic (exact) mass is 227 g/mol. The van der Waals surface area contributed by atoms with E-state index in [0.717, 1.165) is 12.5 Å². The van der Waals surface area contributed by atoms with Crippen molar-refractivity contribution in [2.45, 2.75) is 71.4 Å². The topological polar surface area (TPSA) is 21.3 Å². The van der Waals surface area contributed by atoms with Gasteiger partial charge in [-0.15, -0.1) is 0 Å². The Morgan fingerprint density at radius 3 is 2.69 bits per heavy atom. The molecule has 2 heteroatoms. The molecular formula is C14H29NO. The molecule has 1 aliphatic rings. The summed E-state index contributed by atoms with van der Waals surface area (Å²) in [6.07, 6.45) is 8.38. The van der Waals surface area contributed by atoms with Gasteiger partial charge in [0.2, 0.25) is 0 Å². The standard InChI is InChI=1S/C14H29NO/c1-4-6-13(11-15-12(2)3)8-9-14-7-5-10-16-14/h12-15H,4-11H2,1-3H3. The maximum Gasteiger partial charge on any atom is 0.0576 e. The molecule has 2 nitrogen and oxygen atoms in total. The summed E-state index contributed by atoms with van der Waals surface area (Å²) in [6.45, 7) is 8.91. The highest BCUT2D eigenvalue weighted by atomic mass is 16.5. The first-order chi connectivity index (χ1) is 7.72. The van der Waals surface area contributed by atoms with Gasteiger partial charge in [-0.05, 0) is 44.6 Å². The molecule has 0 aliphatic carbocycles. The Morgan fingerprint density at radius 1 is 1.31 bits per heavy atom. The van der Waals surface area contributed by atoms with Crippen LogP contribution in [0.5, 0.6) is 0 Å². The van der Waals surface area contributed by atoms with Gasteiger partial charge in [-0.2, -0.15) is 0 Å². The van der Waals surface area contributed by atoms with Crippen LogP contribution in [0.1, 0.15) is 59.3 Å². The van der Waals surface area contributed by atoms with E-state index in [9.17, 15) is 0 Å². The van der Waals surface area contributed by atoms with Gasteiger partial charge in [0.1, 0.15) is 0 Å². The summed E-state index contributed by atoms with van der Waals surface area (Å²) in [6, 6.07) is 0.613. The molecule has 2 unspecified atom stereocenters. The Kier molecular flexibility index (Phi) is 7.06. The zero-order chi connectivity index (χ0) is 11.8. The predicted octanol–water partition coefficient (Wildman–Crippen LogP) is 3.36. The van der Waals surface area contributed by atoms with E-state index in [4.69, 9.17) is 4.74 Å². The molecule has 1 rings (SSSR count). The van der Waals surface area contributed by atoms with E-state index < -0.39 is 0 Å². The lowest BCUT2D eigenvalue weighted by molar-refractivity contribution is 0.0973. The average molecular weight is 227 g/mol. The van der Waals surface area contributed by atoms with E-state index in [-0.39, 0.29) is 0 Å². The maximum absolute atomic E-state index is 5.69. The number of hydrogen-bond acceptors (Lipinski definition) is 2. The first-order valence-corrected chi connectivity index (χ1v) is 7.07. The Labute approximate surface area is 101 Å². The van der Waals surface area contributed by atoms with E-state index in [1.165, 1.54) is 45.1 Å². The molecule has 1 fully saturated rings. The van der Waals surface area contributed by atoms with E-state index in [2.05, 4.69) is 26.1 Å². The van der Waals surface area contributed by atoms with Crippen molar-refractivity contribution >= 4 is 0 Å². The SMILES string of the molecule is CCCC(CCC1CCCO1)CNC(C)C. The van der Waals surface area contributed by atoms with Gasteiger partial charge >= 0.3 is 0 Å². The lowest BCUT2D eigenvalue weighted by atomic mass is 9.95. The summed E-state index contributed by atoms with van der Waals surface area (Å²) >= 11 is 0. The van der Waals surface area contributed by atoms with Gasteiger partial charge in [0, 0.05) is 12.6 Å². The Morgan fingerprint density at radius 2 is 2.12 bits per heavy atom. The fourth-order valence-corrected chi connectivity index (χ4v) is 2.45. The van der Waals surface area contributed by atoms with Crippen LogP contribution < -0.4 is 5.32 Å². The van der Waals surface area contributed by atoms with Crippen LogP contribution in [-0.2, 0) is 4.74 Å². The van der Waals surface area contributed by atoms with E-state index in [1.54, 1.807) is 0 Å². The fourth-order valence-electron chi connectivity index (χ4n) is 2.45. The van der Waals surface area contributed by atoms with E-state index >= 15 is 0 Å². The lowest BCUT2D eigenvalue weighted by Gasteiger charge is -2.20. The largest absolute Gasteiger partial charge is 0.378 e. The van der Waals surface area contributed by atoms with Crippen molar-refractivity contribution in [2.75, 3.05) is 13.2 Å². The smallest absolute Gasteiger partial charge is 0.0576 e. The zero-order valence-electron chi connectivity index (χ0n) is 11.3. The molecule has 0 saturated carbocycles. The quantitative estimate of drug-likeness (QED) is 0.686. The normalized spacial score (nSPS) is 22.9. The van der Waals surface area contributed by atoms with Gasteiger partial charge in [0.25, 0.3) is 0 Å². The van der Waals surface area contributed by atoms with Crippen molar-refractivity contribution < 1.29 is 4.74 Å². The van der Waals surface area contributed by atoms with E-state index in [0.29, 0.717) is 12.1 Å². The predicted molar refractivity (Wildman–Crippen MR) is 69.7 cm³/mol. The van der Waals surface area contributed by atoms with Crippen molar-refractivity contribution in [3.05, 3.63) is 0 Å². The minimum Gasteiger partial charge on any atom is -0.378 e. The number of nitrogens with one attached hydrogen (secondary N) is 1. The van der Waals surface area contributed by atoms with Crippen LogP contribution in [0.25, 0.3) is 0 Å². The number of hydrogen-bond donors (Lipinski definition) is 1. The first-order valence-electron chi connectivity index (χ1n) is 7.07. The van der Waals surface area contributed by atoms with Crippen molar-refractivity contribution in [1.29, 1.82) is 0 Å². The lowest BCUT2D eigenvalue weighted by Crippen LogP contribution is -2.29. The Bertz CT molecular complexity index is 164. The maximum atomic E-state index is 5.69. The van der Waals surface area contributed by atoms with Crippen LogP contribution in [0.15, 0.2) is 0 Å². The van der Waals surface area contributed by atoms with Crippen LogP contribution in [0.4, 0.5) is 0 Å². The summed E-state index contributed by atoms with van der Waals surface area (Å²) in [7, 11) is 0. The van der Waals surface area contributed by atoms with Crippen LogP contribution in [0.3, 0.4) is 0 Å². The molecule has 0 radical (unpaired) electrons. The average Bonchev–Trinajstić information content (AvgIpc) is 2.75. The Balaban J connectivity index is 2.15. The Hall–Kier alpha value is -0.0800. The molecule has 96 valence electrons. The molecule has 1 aliphatic heterocycles. The van der Waals surface area contributed by atoms with Gasteiger partial charge in [-0.25, -0.2) is 0 Å². The molecule has 0 aromatic heterocycles. The van der Waals surface area contributed by atoms with Gasteiger partial charge in [-0.3, -0.25) is 0 Å². The molecule has 0 aromatic carbocycles. The third-order valence-corrected chi connectivity index (χ3v) is 3.43. The molecule has 0 bridgehead atoms. The van der Waals surface area contributed by atoms with Crippen molar-refractivity contribution in [3.63, 3.8) is 0 Å². The summed E-state index contributed by atoms with van der Waals surface area (Å²) in [5.74, 6) is 0.844. The number of ether oxygens (including phenoxy) is 1. The second-order valence-electron chi connectivity index (χ2n) is 5.43. The highest BCUT2D eigenvalue weighted by Crippen LogP contribution is 2.21. The second kappa shape index (κ2) is 8.08. The molecule has 16 heavy (non-hydrogen) atoms. The van der Waals surface area contributed by atoms with Crippen molar-refractivity contribution in [1.82, 2.24) is 5.32 Å². The first kappa shape index (κ1) is 14.0.